The Labute approximate surface area is 69.1 Å². The number of nitrogens with zero attached hydrogens (tertiary/aromatic N) is 1. The van der Waals surface area contributed by atoms with Crippen molar-refractivity contribution in [1.82, 2.24) is 0 Å². The van der Waals surface area contributed by atoms with Crippen LogP contribution in [0.15, 0.2) is 0 Å². The summed E-state index contributed by atoms with van der Waals surface area (Å²) in [7, 11) is 0. The van der Waals surface area contributed by atoms with Gasteiger partial charge in [-0.2, -0.15) is 0 Å². The fourth-order valence-electron chi connectivity index (χ4n) is 2.56. The van der Waals surface area contributed by atoms with Crippen molar-refractivity contribution in [3.05, 3.63) is 0 Å². The van der Waals surface area contributed by atoms with E-state index in [4.69, 9.17) is 0 Å². The van der Waals surface area contributed by atoms with Gasteiger partial charge in [0.05, 0.1) is 0 Å². The first kappa shape index (κ1) is 7.33. The van der Waals surface area contributed by atoms with E-state index in [9.17, 15) is 0 Å². The van der Waals surface area contributed by atoms with Crippen molar-refractivity contribution in [2.24, 2.45) is 11.8 Å². The third-order valence-corrected chi connectivity index (χ3v) is 3.14. The molecule has 0 saturated heterocycles. The highest BCUT2D eigenvalue weighted by Crippen LogP contribution is 2.30. The molecule has 0 unspecified atom stereocenters. The van der Waals surface area contributed by atoms with E-state index < -0.39 is 0 Å². The predicted molar refractivity (Wildman–Crippen MR) is 47.2 cm³/mol. The summed E-state index contributed by atoms with van der Waals surface area (Å²) in [4.78, 5) is 0. The zero-order chi connectivity index (χ0) is 7.68. The molecular formula is C10H18N+. The summed E-state index contributed by atoms with van der Waals surface area (Å²) >= 11 is 0. The highest BCUT2D eigenvalue weighted by Gasteiger charge is 2.29. The fourth-order valence-corrected chi connectivity index (χ4v) is 2.56. The lowest BCUT2D eigenvalue weighted by atomic mass is 9.80. The quantitative estimate of drug-likeness (QED) is 0.505. The van der Waals surface area contributed by atoms with E-state index in [-0.39, 0.29) is 0 Å². The van der Waals surface area contributed by atoms with Crippen LogP contribution < -0.4 is 0 Å². The van der Waals surface area contributed by atoms with Gasteiger partial charge < -0.3 is 0 Å². The van der Waals surface area contributed by atoms with Crippen LogP contribution in [0.3, 0.4) is 0 Å². The minimum absolute atomic E-state index is 0.933. The van der Waals surface area contributed by atoms with Crippen molar-refractivity contribution in [2.75, 3.05) is 13.1 Å². The van der Waals surface area contributed by atoms with Gasteiger partial charge in [-0.25, -0.2) is 4.58 Å². The summed E-state index contributed by atoms with van der Waals surface area (Å²) in [6.07, 6.45) is 8.38. The first-order valence-corrected chi connectivity index (χ1v) is 4.97. The Morgan fingerprint density at radius 2 is 2.36 bits per heavy atom. The first-order chi connectivity index (χ1) is 5.38. The minimum atomic E-state index is 0.933. The maximum absolute atomic E-state index is 2.51. The second kappa shape index (κ2) is 2.96. The maximum atomic E-state index is 2.51. The molecule has 0 amide bonds. The zero-order valence-corrected chi connectivity index (χ0v) is 7.42. The van der Waals surface area contributed by atoms with Gasteiger partial charge in [0, 0.05) is 11.8 Å². The molecule has 11 heavy (non-hydrogen) atoms. The highest BCUT2D eigenvalue weighted by atomic mass is 15.0. The van der Waals surface area contributed by atoms with Gasteiger partial charge in [0.25, 0.3) is 0 Å². The van der Waals surface area contributed by atoms with Crippen molar-refractivity contribution in [3.8, 4) is 0 Å². The van der Waals surface area contributed by atoms with E-state index >= 15 is 0 Å². The summed E-state index contributed by atoms with van der Waals surface area (Å²) in [5, 5.41) is 0. The van der Waals surface area contributed by atoms with Gasteiger partial charge in [0.1, 0.15) is 19.3 Å². The fraction of sp³-hybridized carbons (Fsp3) is 0.900. The molecule has 62 valence electrons. The summed E-state index contributed by atoms with van der Waals surface area (Å²) < 4.78 is 2.51. The standard InChI is InChI=1S/C10H18N/c1-2-11-7-9-4-3-5-10(6-9)8-11/h7,9-10H,2-6,8H2,1H3/q+1/t9-,10+/m1/s1. The molecule has 1 heterocycles. The van der Waals surface area contributed by atoms with Crippen LogP contribution in [0.2, 0.25) is 0 Å². The van der Waals surface area contributed by atoms with Gasteiger partial charge in [0.15, 0.2) is 0 Å². The van der Waals surface area contributed by atoms with Gasteiger partial charge in [0.2, 0.25) is 0 Å². The lowest BCUT2D eigenvalue weighted by Crippen LogP contribution is -2.34. The Kier molecular flexibility index (Phi) is 1.97. The van der Waals surface area contributed by atoms with E-state index in [2.05, 4.69) is 17.7 Å². The van der Waals surface area contributed by atoms with Crippen molar-refractivity contribution in [2.45, 2.75) is 32.6 Å². The van der Waals surface area contributed by atoms with Crippen LogP contribution in [0.4, 0.5) is 0 Å². The third-order valence-electron chi connectivity index (χ3n) is 3.14. The molecular weight excluding hydrogens is 134 g/mol. The van der Waals surface area contributed by atoms with Gasteiger partial charge in [-0.3, -0.25) is 0 Å². The van der Waals surface area contributed by atoms with E-state index in [0.29, 0.717) is 0 Å². The molecule has 1 nitrogen and oxygen atoms in total. The largest absolute Gasteiger partial charge is 0.239 e. The summed E-state index contributed by atoms with van der Waals surface area (Å²) in [5.74, 6) is 1.96. The average Bonchev–Trinajstić information content (AvgIpc) is 2.03. The zero-order valence-electron chi connectivity index (χ0n) is 7.42. The third kappa shape index (κ3) is 1.47. The molecule has 0 N–H and O–H groups in total. The maximum Gasteiger partial charge on any atom is 0.145 e. The highest BCUT2D eigenvalue weighted by molar-refractivity contribution is 5.55. The topological polar surface area (TPSA) is 3.01 Å². The lowest BCUT2D eigenvalue weighted by Gasteiger charge is -2.28. The number of hydrogen-bond acceptors (Lipinski definition) is 0. The summed E-state index contributed by atoms with van der Waals surface area (Å²) in [6, 6.07) is 0. The molecule has 0 spiro atoms. The lowest BCUT2D eigenvalue weighted by molar-refractivity contribution is -0.535. The van der Waals surface area contributed by atoms with Crippen LogP contribution >= 0.6 is 0 Å². The van der Waals surface area contributed by atoms with E-state index in [0.717, 1.165) is 11.8 Å². The van der Waals surface area contributed by atoms with Gasteiger partial charge in [-0.1, -0.05) is 6.42 Å². The van der Waals surface area contributed by atoms with Crippen LogP contribution in [-0.2, 0) is 0 Å². The van der Waals surface area contributed by atoms with Gasteiger partial charge in [-0.15, -0.1) is 0 Å². The summed E-state index contributed by atoms with van der Waals surface area (Å²) in [6.45, 7) is 4.82. The number of rotatable bonds is 1. The van der Waals surface area contributed by atoms with E-state index in [1.54, 1.807) is 0 Å². The van der Waals surface area contributed by atoms with Crippen LogP contribution in [0.1, 0.15) is 32.6 Å². The molecule has 0 radical (unpaired) electrons. The van der Waals surface area contributed by atoms with Crippen LogP contribution in [-0.4, -0.2) is 23.9 Å². The van der Waals surface area contributed by atoms with Crippen molar-refractivity contribution >= 4 is 6.21 Å². The molecule has 2 atom stereocenters. The molecule has 1 saturated carbocycles. The molecule has 1 aliphatic carbocycles. The van der Waals surface area contributed by atoms with Crippen LogP contribution in [0, 0.1) is 11.8 Å². The molecule has 0 aromatic rings. The summed E-state index contributed by atoms with van der Waals surface area (Å²) in [5.41, 5.74) is 0. The Balaban J connectivity index is 2.09. The molecule has 1 fully saturated rings. The predicted octanol–water partition coefficient (Wildman–Crippen LogP) is 1.91. The molecule has 1 aliphatic heterocycles. The first-order valence-electron chi connectivity index (χ1n) is 4.97. The smallest absolute Gasteiger partial charge is 0.145 e. The number of fused-ring (bicyclic) bond motifs is 2. The molecule has 2 aliphatic rings. The van der Waals surface area contributed by atoms with Crippen molar-refractivity contribution in [1.29, 1.82) is 0 Å². The Hall–Kier alpha value is -0.330. The normalized spacial score (nSPS) is 36.6. The average molecular weight is 152 g/mol. The molecule has 1 heteroatoms. The SMILES string of the molecule is CC[N+]1=C[C@@H]2CCC[C@@H](C2)C1. The molecule has 2 bridgehead atoms. The Morgan fingerprint density at radius 1 is 1.45 bits per heavy atom. The van der Waals surface area contributed by atoms with E-state index in [1.165, 1.54) is 38.8 Å². The van der Waals surface area contributed by atoms with Crippen molar-refractivity contribution in [3.63, 3.8) is 0 Å². The van der Waals surface area contributed by atoms with E-state index in [1.807, 2.05) is 0 Å². The van der Waals surface area contributed by atoms with Crippen LogP contribution in [0.25, 0.3) is 0 Å². The second-order valence-electron chi connectivity index (χ2n) is 4.03. The van der Waals surface area contributed by atoms with Crippen LogP contribution in [0.5, 0.6) is 0 Å². The monoisotopic (exact) mass is 152 g/mol. The second-order valence-corrected chi connectivity index (χ2v) is 4.03. The number of hydrogen-bond donors (Lipinski definition) is 0. The Bertz CT molecular complexity index is 172. The van der Waals surface area contributed by atoms with Gasteiger partial charge >= 0.3 is 0 Å². The molecule has 0 aromatic heterocycles. The Morgan fingerprint density at radius 3 is 3.09 bits per heavy atom. The molecule has 2 rings (SSSR count). The van der Waals surface area contributed by atoms with Gasteiger partial charge in [-0.05, 0) is 26.2 Å². The minimum Gasteiger partial charge on any atom is -0.239 e. The molecule has 0 aromatic carbocycles. The van der Waals surface area contributed by atoms with Crippen molar-refractivity contribution < 1.29 is 4.58 Å².